The van der Waals surface area contributed by atoms with Gasteiger partial charge in [0.1, 0.15) is 0 Å². The van der Waals surface area contributed by atoms with Crippen molar-refractivity contribution in [1.82, 2.24) is 9.78 Å². The van der Waals surface area contributed by atoms with Crippen LogP contribution in [-0.2, 0) is 11.3 Å². The van der Waals surface area contributed by atoms with E-state index in [2.05, 4.69) is 35.4 Å². The van der Waals surface area contributed by atoms with Gasteiger partial charge in [-0.05, 0) is 28.5 Å². The standard InChI is InChI=1S/C22H18N2O2/c1-26-22(25)20-14-21(24(23-20)15-16-7-3-2-4-8-16)19-12-11-17-9-5-6-10-18(17)13-19/h2-14H,15H2,1H3. The smallest absolute Gasteiger partial charge is 0.358 e. The van der Waals surface area contributed by atoms with Crippen molar-refractivity contribution in [3.05, 3.63) is 90.1 Å². The quantitative estimate of drug-likeness (QED) is 0.512. The zero-order valence-electron chi connectivity index (χ0n) is 14.4. The zero-order chi connectivity index (χ0) is 17.9. The summed E-state index contributed by atoms with van der Waals surface area (Å²) in [5.74, 6) is -0.432. The van der Waals surface area contributed by atoms with Crippen LogP contribution >= 0.6 is 0 Å². The number of rotatable bonds is 4. The molecule has 0 saturated heterocycles. The van der Waals surface area contributed by atoms with Gasteiger partial charge in [-0.2, -0.15) is 5.10 Å². The van der Waals surface area contributed by atoms with Gasteiger partial charge in [-0.3, -0.25) is 4.68 Å². The summed E-state index contributed by atoms with van der Waals surface area (Å²) in [6.07, 6.45) is 0. The Balaban J connectivity index is 1.81. The molecule has 0 spiro atoms. The van der Waals surface area contributed by atoms with Gasteiger partial charge < -0.3 is 4.74 Å². The largest absolute Gasteiger partial charge is 0.464 e. The molecule has 26 heavy (non-hydrogen) atoms. The minimum atomic E-state index is -0.432. The van der Waals surface area contributed by atoms with Crippen molar-refractivity contribution in [1.29, 1.82) is 0 Å². The van der Waals surface area contributed by atoms with Crippen LogP contribution in [0.3, 0.4) is 0 Å². The molecule has 1 aromatic heterocycles. The van der Waals surface area contributed by atoms with Crippen molar-refractivity contribution in [2.45, 2.75) is 6.54 Å². The maximum atomic E-state index is 12.0. The highest BCUT2D eigenvalue weighted by Gasteiger charge is 2.16. The van der Waals surface area contributed by atoms with E-state index in [1.807, 2.05) is 47.1 Å². The predicted octanol–water partition coefficient (Wildman–Crippen LogP) is 4.54. The van der Waals surface area contributed by atoms with Crippen molar-refractivity contribution in [3.63, 3.8) is 0 Å². The fraction of sp³-hybridized carbons (Fsp3) is 0.0909. The van der Waals surface area contributed by atoms with Gasteiger partial charge in [0.2, 0.25) is 0 Å². The molecule has 0 aliphatic carbocycles. The number of esters is 1. The third-order valence-electron chi connectivity index (χ3n) is 4.39. The summed E-state index contributed by atoms with van der Waals surface area (Å²) in [5.41, 5.74) is 3.34. The van der Waals surface area contributed by atoms with Crippen molar-refractivity contribution in [2.24, 2.45) is 0 Å². The Bertz CT molecular complexity index is 1070. The van der Waals surface area contributed by atoms with Crippen LogP contribution in [0.2, 0.25) is 0 Å². The average Bonchev–Trinajstić information content (AvgIpc) is 3.11. The lowest BCUT2D eigenvalue weighted by molar-refractivity contribution is 0.0593. The zero-order valence-corrected chi connectivity index (χ0v) is 14.4. The van der Waals surface area contributed by atoms with Crippen molar-refractivity contribution >= 4 is 16.7 Å². The summed E-state index contributed by atoms with van der Waals surface area (Å²) in [7, 11) is 1.37. The number of nitrogens with zero attached hydrogens (tertiary/aromatic N) is 2. The number of carbonyl (C=O) groups is 1. The number of hydrogen-bond acceptors (Lipinski definition) is 3. The molecule has 4 rings (SSSR count). The number of hydrogen-bond donors (Lipinski definition) is 0. The van der Waals surface area contributed by atoms with Gasteiger partial charge >= 0.3 is 5.97 Å². The first-order chi connectivity index (χ1) is 12.7. The van der Waals surface area contributed by atoms with Crippen LogP contribution in [0.1, 0.15) is 16.1 Å². The Kier molecular flexibility index (Phi) is 4.23. The van der Waals surface area contributed by atoms with E-state index in [1.54, 1.807) is 6.07 Å². The Morgan fingerprint density at radius 3 is 2.42 bits per heavy atom. The van der Waals surface area contributed by atoms with E-state index in [4.69, 9.17) is 4.74 Å². The number of aromatic nitrogens is 2. The van der Waals surface area contributed by atoms with E-state index in [0.29, 0.717) is 12.2 Å². The highest BCUT2D eigenvalue weighted by molar-refractivity contribution is 5.90. The van der Waals surface area contributed by atoms with Crippen molar-refractivity contribution in [2.75, 3.05) is 7.11 Å². The molecule has 0 saturated carbocycles. The molecule has 0 aliphatic rings. The van der Waals surface area contributed by atoms with Crippen molar-refractivity contribution < 1.29 is 9.53 Å². The fourth-order valence-electron chi connectivity index (χ4n) is 3.08. The normalized spacial score (nSPS) is 10.8. The number of fused-ring (bicyclic) bond motifs is 1. The Labute approximate surface area is 151 Å². The number of benzene rings is 3. The molecule has 4 nitrogen and oxygen atoms in total. The van der Waals surface area contributed by atoms with Crippen LogP contribution < -0.4 is 0 Å². The van der Waals surface area contributed by atoms with Crippen LogP contribution in [0.25, 0.3) is 22.0 Å². The van der Waals surface area contributed by atoms with E-state index in [-0.39, 0.29) is 0 Å². The van der Waals surface area contributed by atoms with Crippen LogP contribution in [0, 0.1) is 0 Å². The van der Waals surface area contributed by atoms with Gasteiger partial charge in [0.05, 0.1) is 19.3 Å². The molecule has 0 fully saturated rings. The highest BCUT2D eigenvalue weighted by atomic mass is 16.5. The first kappa shape index (κ1) is 16.1. The Hall–Kier alpha value is -3.40. The lowest BCUT2D eigenvalue weighted by Gasteiger charge is -2.09. The van der Waals surface area contributed by atoms with Gasteiger partial charge in [-0.15, -0.1) is 0 Å². The van der Waals surface area contributed by atoms with Gasteiger partial charge in [0, 0.05) is 5.56 Å². The molecule has 0 N–H and O–H groups in total. The molecular weight excluding hydrogens is 324 g/mol. The summed E-state index contributed by atoms with van der Waals surface area (Å²) in [5, 5.41) is 6.80. The second kappa shape index (κ2) is 6.84. The predicted molar refractivity (Wildman–Crippen MR) is 102 cm³/mol. The molecule has 4 heteroatoms. The lowest BCUT2D eigenvalue weighted by atomic mass is 10.0. The summed E-state index contributed by atoms with van der Waals surface area (Å²) >= 11 is 0. The van der Waals surface area contributed by atoms with Crippen LogP contribution in [0.5, 0.6) is 0 Å². The maximum Gasteiger partial charge on any atom is 0.358 e. The molecule has 0 atom stereocenters. The van der Waals surface area contributed by atoms with Gasteiger partial charge in [0.15, 0.2) is 5.69 Å². The molecule has 0 aliphatic heterocycles. The molecule has 128 valence electrons. The molecule has 3 aromatic carbocycles. The third kappa shape index (κ3) is 3.09. The number of methoxy groups -OCH3 is 1. The van der Waals surface area contributed by atoms with E-state index >= 15 is 0 Å². The summed E-state index contributed by atoms with van der Waals surface area (Å²) < 4.78 is 6.70. The topological polar surface area (TPSA) is 44.1 Å². The number of carbonyl (C=O) groups excluding carboxylic acids is 1. The van der Waals surface area contributed by atoms with Crippen LogP contribution in [0.4, 0.5) is 0 Å². The summed E-state index contributed by atoms with van der Waals surface area (Å²) in [6.45, 7) is 0.583. The van der Waals surface area contributed by atoms with Gasteiger partial charge in [0.25, 0.3) is 0 Å². The highest BCUT2D eigenvalue weighted by Crippen LogP contribution is 2.26. The second-order valence-electron chi connectivity index (χ2n) is 6.11. The van der Waals surface area contributed by atoms with Crippen molar-refractivity contribution in [3.8, 4) is 11.3 Å². The molecule has 0 radical (unpaired) electrons. The number of ether oxygens (including phenoxy) is 1. The van der Waals surface area contributed by atoms with E-state index in [9.17, 15) is 4.79 Å². The monoisotopic (exact) mass is 342 g/mol. The molecule has 0 bridgehead atoms. The van der Waals surface area contributed by atoms with E-state index in [0.717, 1.165) is 22.2 Å². The SMILES string of the molecule is COC(=O)c1cc(-c2ccc3ccccc3c2)n(Cc2ccccc2)n1. The van der Waals surface area contributed by atoms with Crippen LogP contribution in [0.15, 0.2) is 78.9 Å². The Morgan fingerprint density at radius 1 is 0.923 bits per heavy atom. The van der Waals surface area contributed by atoms with E-state index < -0.39 is 5.97 Å². The fourth-order valence-corrected chi connectivity index (χ4v) is 3.08. The Morgan fingerprint density at radius 2 is 1.65 bits per heavy atom. The van der Waals surface area contributed by atoms with Gasteiger partial charge in [-0.1, -0.05) is 66.7 Å². The first-order valence-electron chi connectivity index (χ1n) is 8.44. The van der Waals surface area contributed by atoms with Crippen LogP contribution in [-0.4, -0.2) is 22.9 Å². The minimum absolute atomic E-state index is 0.312. The summed E-state index contributed by atoms with van der Waals surface area (Å²) in [4.78, 5) is 12.0. The second-order valence-corrected chi connectivity index (χ2v) is 6.11. The van der Waals surface area contributed by atoms with E-state index in [1.165, 1.54) is 12.5 Å². The molecule has 4 aromatic rings. The molecule has 1 heterocycles. The lowest BCUT2D eigenvalue weighted by Crippen LogP contribution is -2.07. The molecular formula is C22H18N2O2. The van der Waals surface area contributed by atoms with Gasteiger partial charge in [-0.25, -0.2) is 4.79 Å². The molecule has 0 unspecified atom stereocenters. The minimum Gasteiger partial charge on any atom is -0.464 e. The third-order valence-corrected chi connectivity index (χ3v) is 4.39. The molecule has 0 amide bonds. The summed E-state index contributed by atoms with van der Waals surface area (Å²) in [6, 6.07) is 26.3. The maximum absolute atomic E-state index is 12.0. The first-order valence-corrected chi connectivity index (χ1v) is 8.44. The average molecular weight is 342 g/mol.